The molecular formula is C12H18BN3O4. The van der Waals surface area contributed by atoms with E-state index in [1.165, 1.54) is 6.20 Å². The Kier molecular flexibility index (Phi) is 3.26. The Labute approximate surface area is 117 Å². The smallest absolute Gasteiger partial charge is 0.399 e. The van der Waals surface area contributed by atoms with Gasteiger partial charge >= 0.3 is 12.8 Å². The van der Waals surface area contributed by atoms with Crippen LogP contribution in [0.25, 0.3) is 0 Å². The topological polar surface area (TPSA) is 101 Å². The minimum absolute atomic E-state index is 0.104. The Balaban J connectivity index is 2.46. The minimum Gasteiger partial charge on any atom is -0.399 e. The van der Waals surface area contributed by atoms with Crippen molar-refractivity contribution in [2.24, 2.45) is 0 Å². The van der Waals surface area contributed by atoms with Gasteiger partial charge in [0.1, 0.15) is 0 Å². The predicted molar refractivity (Wildman–Crippen MR) is 75.8 cm³/mol. The van der Waals surface area contributed by atoms with Gasteiger partial charge in [-0.25, -0.2) is 4.98 Å². The lowest BCUT2D eigenvalue weighted by Gasteiger charge is -2.32. The molecule has 2 heterocycles. The average Bonchev–Trinajstić information content (AvgIpc) is 2.47. The number of nitrogens with two attached hydrogens (primary N) is 1. The molecule has 8 heteroatoms. The fourth-order valence-electron chi connectivity index (χ4n) is 2.06. The van der Waals surface area contributed by atoms with E-state index in [1.807, 2.05) is 27.7 Å². The molecule has 7 nitrogen and oxygen atoms in total. The minimum atomic E-state index is -0.688. The predicted octanol–water partition coefficient (Wildman–Crippen LogP) is 1.18. The van der Waals surface area contributed by atoms with Crippen LogP contribution >= 0.6 is 0 Å². The summed E-state index contributed by atoms with van der Waals surface area (Å²) < 4.78 is 11.8. The summed E-state index contributed by atoms with van der Waals surface area (Å²) >= 11 is 0. The van der Waals surface area contributed by atoms with E-state index in [4.69, 9.17) is 15.0 Å². The monoisotopic (exact) mass is 279 g/mol. The van der Waals surface area contributed by atoms with Crippen LogP contribution < -0.4 is 11.2 Å². The van der Waals surface area contributed by atoms with Crippen LogP contribution in [0.2, 0.25) is 0 Å². The van der Waals surface area contributed by atoms with Gasteiger partial charge in [-0.15, -0.1) is 0 Å². The first kappa shape index (κ1) is 14.7. The Bertz CT molecular complexity index is 558. The van der Waals surface area contributed by atoms with Gasteiger partial charge in [0.2, 0.25) is 5.82 Å². The maximum atomic E-state index is 11.1. The number of hydrogen-bond donors (Lipinski definition) is 1. The molecule has 2 rings (SSSR count). The quantitative estimate of drug-likeness (QED) is 0.495. The summed E-state index contributed by atoms with van der Waals surface area (Å²) in [6.45, 7) is 9.29. The van der Waals surface area contributed by atoms with E-state index in [-0.39, 0.29) is 11.5 Å². The molecule has 1 aromatic rings. The van der Waals surface area contributed by atoms with E-state index in [1.54, 1.807) is 6.92 Å². The summed E-state index contributed by atoms with van der Waals surface area (Å²) in [5.74, 6) is -0.104. The van der Waals surface area contributed by atoms with Gasteiger partial charge in [0.05, 0.1) is 16.1 Å². The third-order valence-electron chi connectivity index (χ3n) is 4.06. The molecule has 0 unspecified atom stereocenters. The lowest BCUT2D eigenvalue weighted by molar-refractivity contribution is -0.384. The maximum absolute atomic E-state index is 11.1. The van der Waals surface area contributed by atoms with E-state index >= 15 is 0 Å². The number of nitrogens with zero attached hydrogens (tertiary/aromatic N) is 2. The molecule has 0 aliphatic carbocycles. The van der Waals surface area contributed by atoms with Crippen LogP contribution in [0.15, 0.2) is 6.20 Å². The van der Waals surface area contributed by atoms with Crippen molar-refractivity contribution in [2.75, 3.05) is 5.73 Å². The van der Waals surface area contributed by atoms with Gasteiger partial charge < -0.3 is 15.0 Å². The molecule has 108 valence electrons. The van der Waals surface area contributed by atoms with Crippen LogP contribution in [0.5, 0.6) is 0 Å². The van der Waals surface area contributed by atoms with E-state index < -0.39 is 23.2 Å². The van der Waals surface area contributed by atoms with Gasteiger partial charge in [-0.2, -0.15) is 0 Å². The summed E-state index contributed by atoms with van der Waals surface area (Å²) in [5, 5.41) is 11.1. The van der Waals surface area contributed by atoms with Crippen LogP contribution in [0.3, 0.4) is 0 Å². The first-order valence-electron chi connectivity index (χ1n) is 6.32. The molecule has 0 amide bonds. The summed E-state index contributed by atoms with van der Waals surface area (Å²) in [5.41, 5.74) is 5.29. The molecule has 0 aromatic carbocycles. The lowest BCUT2D eigenvalue weighted by atomic mass is 9.77. The van der Waals surface area contributed by atoms with Gasteiger partial charge in [-0.1, -0.05) is 0 Å². The molecular weight excluding hydrogens is 261 g/mol. The number of pyridine rings is 1. The van der Waals surface area contributed by atoms with Crippen LogP contribution in [-0.4, -0.2) is 28.2 Å². The fraction of sp³-hybridized carbons (Fsp3) is 0.583. The van der Waals surface area contributed by atoms with Crippen molar-refractivity contribution < 1.29 is 14.2 Å². The highest BCUT2D eigenvalue weighted by Crippen LogP contribution is 2.37. The highest BCUT2D eigenvalue weighted by atomic mass is 16.7. The van der Waals surface area contributed by atoms with Gasteiger partial charge in [0, 0.05) is 17.2 Å². The highest BCUT2D eigenvalue weighted by Gasteiger charge is 2.52. The number of anilines is 1. The van der Waals surface area contributed by atoms with Gasteiger partial charge in [0.15, 0.2) is 0 Å². The highest BCUT2D eigenvalue weighted by molar-refractivity contribution is 6.62. The molecule has 1 aliphatic heterocycles. The third kappa shape index (κ3) is 2.14. The number of nitrogen functional groups attached to an aromatic ring is 1. The summed E-state index contributed by atoms with van der Waals surface area (Å²) in [6.07, 6.45) is 1.47. The zero-order valence-electron chi connectivity index (χ0n) is 12.3. The van der Waals surface area contributed by atoms with Gasteiger partial charge in [-0.05, 0) is 34.6 Å². The maximum Gasteiger partial charge on any atom is 0.496 e. The molecule has 20 heavy (non-hydrogen) atoms. The molecule has 0 radical (unpaired) electrons. The molecule has 1 saturated heterocycles. The molecule has 0 spiro atoms. The normalized spacial score (nSPS) is 20.1. The third-order valence-corrected chi connectivity index (χ3v) is 4.06. The van der Waals surface area contributed by atoms with E-state index in [0.717, 1.165) is 0 Å². The molecule has 1 fully saturated rings. The van der Waals surface area contributed by atoms with Crippen LogP contribution in [0, 0.1) is 17.0 Å². The number of nitro groups is 1. The van der Waals surface area contributed by atoms with Crippen molar-refractivity contribution in [2.45, 2.75) is 45.8 Å². The van der Waals surface area contributed by atoms with Crippen molar-refractivity contribution in [1.82, 2.24) is 4.98 Å². The van der Waals surface area contributed by atoms with E-state index in [0.29, 0.717) is 11.0 Å². The van der Waals surface area contributed by atoms with Crippen molar-refractivity contribution >= 4 is 24.1 Å². The SMILES string of the molecule is Cc1c(B2OC(C)(C)C(C)(C)O2)cnc(N)c1[N+](=O)[O-]. The Morgan fingerprint density at radius 1 is 1.30 bits per heavy atom. The van der Waals surface area contributed by atoms with Crippen LogP contribution in [-0.2, 0) is 9.31 Å². The van der Waals surface area contributed by atoms with Crippen molar-refractivity contribution in [1.29, 1.82) is 0 Å². The Morgan fingerprint density at radius 3 is 2.25 bits per heavy atom. The average molecular weight is 279 g/mol. The summed E-state index contributed by atoms with van der Waals surface area (Å²) in [6, 6.07) is 0. The number of rotatable bonds is 2. The summed E-state index contributed by atoms with van der Waals surface area (Å²) in [4.78, 5) is 14.4. The van der Waals surface area contributed by atoms with Gasteiger partial charge in [-0.3, -0.25) is 10.1 Å². The second-order valence-corrected chi connectivity index (χ2v) is 5.92. The second-order valence-electron chi connectivity index (χ2n) is 5.92. The first-order chi connectivity index (χ1) is 9.07. The molecule has 1 aliphatic rings. The number of hydrogen-bond acceptors (Lipinski definition) is 6. The molecule has 0 atom stereocenters. The lowest BCUT2D eigenvalue weighted by Crippen LogP contribution is -2.41. The number of aromatic nitrogens is 1. The Hall–Kier alpha value is -1.67. The zero-order chi connectivity index (χ0) is 15.3. The molecule has 0 bridgehead atoms. The van der Waals surface area contributed by atoms with E-state index in [9.17, 15) is 10.1 Å². The van der Waals surface area contributed by atoms with Crippen LogP contribution in [0.4, 0.5) is 11.5 Å². The Morgan fingerprint density at radius 2 is 1.80 bits per heavy atom. The van der Waals surface area contributed by atoms with E-state index in [2.05, 4.69) is 4.98 Å². The standard InChI is InChI=1S/C12H18BN3O4/c1-7-8(6-15-10(14)9(7)16(17)18)13-19-11(2,3)12(4,5)20-13/h6H,1-5H3,(H2,14,15). The van der Waals surface area contributed by atoms with Crippen molar-refractivity contribution in [3.8, 4) is 0 Å². The summed E-state index contributed by atoms with van der Waals surface area (Å²) in [7, 11) is -0.688. The molecule has 1 aromatic heterocycles. The first-order valence-corrected chi connectivity index (χ1v) is 6.32. The largest absolute Gasteiger partial charge is 0.496 e. The molecule has 2 N–H and O–H groups in total. The zero-order valence-corrected chi connectivity index (χ0v) is 12.3. The van der Waals surface area contributed by atoms with Crippen molar-refractivity contribution in [3.05, 3.63) is 21.9 Å². The van der Waals surface area contributed by atoms with Crippen LogP contribution in [0.1, 0.15) is 33.3 Å². The second kappa shape index (κ2) is 4.42. The van der Waals surface area contributed by atoms with Gasteiger partial charge in [0.25, 0.3) is 0 Å². The fourth-order valence-corrected chi connectivity index (χ4v) is 2.06. The van der Waals surface area contributed by atoms with Crippen molar-refractivity contribution in [3.63, 3.8) is 0 Å². The molecule has 0 saturated carbocycles.